The minimum absolute atomic E-state index is 0.0852. The fourth-order valence-electron chi connectivity index (χ4n) is 2.31. The molecule has 6 heteroatoms. The zero-order valence-corrected chi connectivity index (χ0v) is 13.7. The maximum Gasteiger partial charge on any atom is 0.271 e. The molecular weight excluding hydrogens is 304 g/mol. The molecule has 0 spiro atoms. The summed E-state index contributed by atoms with van der Waals surface area (Å²) >= 11 is 0. The van der Waals surface area contributed by atoms with Crippen molar-refractivity contribution >= 4 is 17.5 Å². The molecule has 1 saturated carbocycles. The molecule has 2 aromatic rings. The summed E-state index contributed by atoms with van der Waals surface area (Å²) in [7, 11) is 0. The van der Waals surface area contributed by atoms with Crippen LogP contribution in [0.4, 0.5) is 5.69 Å². The standard InChI is InChI=1S/C18H20N4O2/c1-11-9-20-16(10-19-11)18(24)21-12(2)13-5-7-15(8-6-13)22-17(23)14-3-4-14/h5-10,12,14H,3-4H2,1-2H3,(H,21,24)(H,22,23)/t12-/m0/s1. The van der Waals surface area contributed by atoms with Crippen LogP contribution in [0.5, 0.6) is 0 Å². The Kier molecular flexibility index (Phi) is 4.55. The quantitative estimate of drug-likeness (QED) is 0.885. The van der Waals surface area contributed by atoms with Crippen molar-refractivity contribution < 1.29 is 9.59 Å². The van der Waals surface area contributed by atoms with E-state index in [0.29, 0.717) is 5.69 Å². The lowest BCUT2D eigenvalue weighted by Gasteiger charge is -2.14. The van der Waals surface area contributed by atoms with Gasteiger partial charge in [0.05, 0.1) is 17.9 Å². The Morgan fingerprint density at radius 2 is 1.83 bits per heavy atom. The highest BCUT2D eigenvalue weighted by atomic mass is 16.2. The van der Waals surface area contributed by atoms with Crippen LogP contribution in [0.1, 0.15) is 47.6 Å². The molecule has 2 N–H and O–H groups in total. The number of anilines is 1. The number of nitrogens with zero attached hydrogens (tertiary/aromatic N) is 2. The maximum absolute atomic E-state index is 12.2. The molecule has 1 atom stereocenters. The van der Waals surface area contributed by atoms with Crippen molar-refractivity contribution in [1.82, 2.24) is 15.3 Å². The number of benzene rings is 1. The van der Waals surface area contributed by atoms with E-state index in [2.05, 4.69) is 20.6 Å². The van der Waals surface area contributed by atoms with Crippen molar-refractivity contribution in [3.05, 3.63) is 53.6 Å². The summed E-state index contributed by atoms with van der Waals surface area (Å²) in [6.45, 7) is 3.72. The van der Waals surface area contributed by atoms with Crippen LogP contribution in [0.2, 0.25) is 0 Å². The van der Waals surface area contributed by atoms with Crippen LogP contribution in [-0.4, -0.2) is 21.8 Å². The topological polar surface area (TPSA) is 84.0 Å². The summed E-state index contributed by atoms with van der Waals surface area (Å²) in [6.07, 6.45) is 4.99. The largest absolute Gasteiger partial charge is 0.344 e. The minimum atomic E-state index is -0.263. The van der Waals surface area contributed by atoms with Crippen molar-refractivity contribution in [3.63, 3.8) is 0 Å². The third kappa shape index (κ3) is 3.95. The van der Waals surface area contributed by atoms with Gasteiger partial charge in [-0.25, -0.2) is 4.98 Å². The maximum atomic E-state index is 12.2. The number of aromatic nitrogens is 2. The van der Waals surface area contributed by atoms with Gasteiger partial charge in [0.25, 0.3) is 5.91 Å². The third-order valence-electron chi connectivity index (χ3n) is 3.99. The van der Waals surface area contributed by atoms with E-state index in [4.69, 9.17) is 0 Å². The highest BCUT2D eigenvalue weighted by Gasteiger charge is 2.29. The number of aryl methyl sites for hydroxylation is 1. The first-order chi connectivity index (χ1) is 11.5. The van der Waals surface area contributed by atoms with Crippen LogP contribution in [0.25, 0.3) is 0 Å². The first-order valence-electron chi connectivity index (χ1n) is 8.03. The highest BCUT2D eigenvalue weighted by molar-refractivity contribution is 5.94. The Hall–Kier alpha value is -2.76. The molecule has 1 aromatic carbocycles. The van der Waals surface area contributed by atoms with Gasteiger partial charge in [-0.3, -0.25) is 14.6 Å². The van der Waals surface area contributed by atoms with Gasteiger partial charge >= 0.3 is 0 Å². The molecule has 0 aliphatic heterocycles. The van der Waals surface area contributed by atoms with Gasteiger partial charge in [-0.2, -0.15) is 0 Å². The van der Waals surface area contributed by atoms with Crippen LogP contribution < -0.4 is 10.6 Å². The SMILES string of the molecule is Cc1cnc(C(=O)N[C@@H](C)c2ccc(NC(=O)C3CC3)cc2)cn1. The number of nitrogens with one attached hydrogen (secondary N) is 2. The second-order valence-corrected chi connectivity index (χ2v) is 6.12. The second kappa shape index (κ2) is 6.78. The van der Waals surface area contributed by atoms with Gasteiger partial charge < -0.3 is 10.6 Å². The van der Waals surface area contributed by atoms with Crippen molar-refractivity contribution in [2.24, 2.45) is 5.92 Å². The molecule has 2 amide bonds. The normalized spacial score (nSPS) is 14.8. The number of hydrogen-bond donors (Lipinski definition) is 2. The number of hydrogen-bond acceptors (Lipinski definition) is 4. The van der Waals surface area contributed by atoms with Crippen LogP contribution in [0.3, 0.4) is 0 Å². The van der Waals surface area contributed by atoms with E-state index >= 15 is 0 Å². The monoisotopic (exact) mass is 324 g/mol. The fourth-order valence-corrected chi connectivity index (χ4v) is 2.31. The van der Waals surface area contributed by atoms with Crippen molar-refractivity contribution in [3.8, 4) is 0 Å². The average molecular weight is 324 g/mol. The van der Waals surface area contributed by atoms with E-state index in [-0.39, 0.29) is 23.8 Å². The fraction of sp³-hybridized carbons (Fsp3) is 0.333. The second-order valence-electron chi connectivity index (χ2n) is 6.12. The lowest BCUT2D eigenvalue weighted by molar-refractivity contribution is -0.117. The first kappa shape index (κ1) is 16.1. The molecule has 1 heterocycles. The molecule has 24 heavy (non-hydrogen) atoms. The minimum Gasteiger partial charge on any atom is -0.344 e. The average Bonchev–Trinajstić information content (AvgIpc) is 3.41. The molecule has 1 aliphatic rings. The molecule has 1 fully saturated rings. The summed E-state index contributed by atoms with van der Waals surface area (Å²) < 4.78 is 0. The van der Waals surface area contributed by atoms with E-state index < -0.39 is 0 Å². The Morgan fingerprint density at radius 1 is 1.12 bits per heavy atom. The zero-order valence-electron chi connectivity index (χ0n) is 13.7. The van der Waals surface area contributed by atoms with E-state index in [9.17, 15) is 9.59 Å². The Morgan fingerprint density at radius 3 is 2.42 bits per heavy atom. The van der Waals surface area contributed by atoms with Gasteiger partial charge in [-0.1, -0.05) is 12.1 Å². The molecule has 0 saturated heterocycles. The molecular formula is C18H20N4O2. The lowest BCUT2D eigenvalue weighted by atomic mass is 10.1. The first-order valence-corrected chi connectivity index (χ1v) is 8.03. The van der Waals surface area contributed by atoms with Crippen LogP contribution in [-0.2, 0) is 4.79 Å². The number of amides is 2. The molecule has 1 aliphatic carbocycles. The summed E-state index contributed by atoms with van der Waals surface area (Å²) in [5.74, 6) is 0.00154. The molecule has 6 nitrogen and oxygen atoms in total. The van der Waals surface area contributed by atoms with Crippen LogP contribution in [0.15, 0.2) is 36.7 Å². The number of rotatable bonds is 5. The zero-order chi connectivity index (χ0) is 17.1. The predicted molar refractivity (Wildman–Crippen MR) is 90.4 cm³/mol. The summed E-state index contributed by atoms with van der Waals surface area (Å²) in [4.78, 5) is 32.0. The highest BCUT2D eigenvalue weighted by Crippen LogP contribution is 2.30. The molecule has 0 unspecified atom stereocenters. The van der Waals surface area contributed by atoms with E-state index in [1.807, 2.05) is 38.1 Å². The van der Waals surface area contributed by atoms with E-state index in [1.165, 1.54) is 6.20 Å². The van der Waals surface area contributed by atoms with Crippen molar-refractivity contribution in [2.45, 2.75) is 32.7 Å². The van der Waals surface area contributed by atoms with Gasteiger partial charge in [-0.05, 0) is 44.4 Å². The number of carbonyl (C=O) groups is 2. The predicted octanol–water partition coefficient (Wildman–Crippen LogP) is 2.62. The molecule has 3 rings (SSSR count). The van der Waals surface area contributed by atoms with E-state index in [0.717, 1.165) is 29.8 Å². The molecule has 1 aromatic heterocycles. The van der Waals surface area contributed by atoms with E-state index in [1.54, 1.807) is 6.20 Å². The summed E-state index contributed by atoms with van der Waals surface area (Å²) in [5, 5.41) is 5.79. The molecule has 0 radical (unpaired) electrons. The van der Waals surface area contributed by atoms with Crippen LogP contribution >= 0.6 is 0 Å². The Balaban J connectivity index is 1.59. The Labute approximate surface area is 140 Å². The van der Waals surface area contributed by atoms with Crippen molar-refractivity contribution in [2.75, 3.05) is 5.32 Å². The van der Waals surface area contributed by atoms with Gasteiger partial charge in [0.1, 0.15) is 5.69 Å². The third-order valence-corrected chi connectivity index (χ3v) is 3.99. The smallest absolute Gasteiger partial charge is 0.271 e. The van der Waals surface area contributed by atoms with Crippen LogP contribution in [0, 0.1) is 12.8 Å². The molecule has 0 bridgehead atoms. The lowest BCUT2D eigenvalue weighted by Crippen LogP contribution is -2.27. The summed E-state index contributed by atoms with van der Waals surface area (Å²) in [6, 6.07) is 7.32. The van der Waals surface area contributed by atoms with Gasteiger partial charge in [0, 0.05) is 17.8 Å². The van der Waals surface area contributed by atoms with Gasteiger partial charge in [0.2, 0.25) is 5.91 Å². The summed E-state index contributed by atoms with van der Waals surface area (Å²) in [5.41, 5.74) is 2.79. The Bertz CT molecular complexity index is 737. The molecule has 124 valence electrons. The van der Waals surface area contributed by atoms with Crippen molar-refractivity contribution in [1.29, 1.82) is 0 Å². The number of carbonyl (C=O) groups excluding carboxylic acids is 2. The van der Waals surface area contributed by atoms with Gasteiger partial charge in [-0.15, -0.1) is 0 Å². The van der Waals surface area contributed by atoms with Gasteiger partial charge in [0.15, 0.2) is 0 Å².